The number of amides is 1. The van der Waals surface area contributed by atoms with E-state index < -0.39 is 0 Å². The number of nitrogens with one attached hydrogen (secondary N) is 1. The zero-order valence-corrected chi connectivity index (χ0v) is 13.9. The van der Waals surface area contributed by atoms with Crippen molar-refractivity contribution in [2.45, 2.75) is 47.6 Å². The normalized spacial score (nSPS) is 8.65. The van der Waals surface area contributed by atoms with Crippen molar-refractivity contribution >= 4 is 6.41 Å². The maximum Gasteiger partial charge on any atom is 0.210 e. The molecule has 0 aliphatic rings. The number of hydrogen-bond acceptors (Lipinski definition) is 2. The van der Waals surface area contributed by atoms with E-state index in [4.69, 9.17) is 0 Å². The number of nitrogens with zero attached hydrogens (tertiary/aromatic N) is 1. The minimum absolute atomic E-state index is 0.690. The molecule has 0 aliphatic carbocycles. The molecule has 1 rings (SSSR count). The van der Waals surface area contributed by atoms with Crippen molar-refractivity contribution in [2.75, 3.05) is 19.6 Å². The van der Waals surface area contributed by atoms with Gasteiger partial charge in [-0.15, -0.1) is 0 Å². The van der Waals surface area contributed by atoms with E-state index in [0.29, 0.717) is 6.54 Å². The lowest BCUT2D eigenvalue weighted by molar-refractivity contribution is -0.118. The topological polar surface area (TPSA) is 32.3 Å². The van der Waals surface area contributed by atoms with Crippen LogP contribution >= 0.6 is 0 Å². The molecule has 0 aliphatic heterocycles. The maximum absolute atomic E-state index is 10.8. The third-order valence-electron chi connectivity index (χ3n) is 2.20. The first kappa shape index (κ1) is 21.0. The van der Waals surface area contributed by atoms with E-state index in [9.17, 15) is 4.79 Å². The van der Waals surface area contributed by atoms with Gasteiger partial charge < -0.3 is 10.2 Å². The minimum atomic E-state index is 0.690. The highest BCUT2D eigenvalue weighted by Gasteiger charge is 2.01. The van der Waals surface area contributed by atoms with E-state index in [0.717, 1.165) is 26.0 Å². The van der Waals surface area contributed by atoms with E-state index in [1.54, 1.807) is 4.90 Å². The van der Waals surface area contributed by atoms with Crippen molar-refractivity contribution in [3.05, 3.63) is 35.9 Å². The highest BCUT2D eigenvalue weighted by molar-refractivity contribution is 5.47. The summed E-state index contributed by atoms with van der Waals surface area (Å²) < 4.78 is 0. The third kappa shape index (κ3) is 13.1. The average Bonchev–Trinajstić information content (AvgIpc) is 2.50. The molecule has 0 heterocycles. The largest absolute Gasteiger partial charge is 0.340 e. The monoisotopic (exact) mass is 280 g/mol. The first-order valence-corrected chi connectivity index (χ1v) is 7.72. The molecule has 0 spiro atoms. The van der Waals surface area contributed by atoms with Gasteiger partial charge in [0.15, 0.2) is 0 Å². The molecular formula is C17H32N2O. The summed E-state index contributed by atoms with van der Waals surface area (Å²) in [4.78, 5) is 12.6. The van der Waals surface area contributed by atoms with Crippen LogP contribution in [0.25, 0.3) is 0 Å². The summed E-state index contributed by atoms with van der Waals surface area (Å²) in [5, 5.41) is 3.20. The van der Waals surface area contributed by atoms with Crippen LogP contribution in [0.15, 0.2) is 30.3 Å². The van der Waals surface area contributed by atoms with E-state index in [-0.39, 0.29) is 0 Å². The summed E-state index contributed by atoms with van der Waals surface area (Å²) in [7, 11) is 0. The Bertz CT molecular complexity index is 288. The van der Waals surface area contributed by atoms with Crippen LogP contribution in [-0.4, -0.2) is 30.9 Å². The molecule has 1 amide bonds. The minimum Gasteiger partial charge on any atom is -0.340 e. The molecule has 0 bridgehead atoms. The highest BCUT2D eigenvalue weighted by Crippen LogP contribution is 2.01. The summed E-state index contributed by atoms with van der Waals surface area (Å²) >= 11 is 0. The second-order valence-corrected chi connectivity index (χ2v) is 4.12. The predicted octanol–water partition coefficient (Wildman–Crippen LogP) is 3.70. The Hall–Kier alpha value is -1.35. The molecule has 0 saturated heterocycles. The van der Waals surface area contributed by atoms with Crippen LogP contribution in [0.5, 0.6) is 0 Å². The van der Waals surface area contributed by atoms with Crippen molar-refractivity contribution in [3.8, 4) is 0 Å². The van der Waals surface area contributed by atoms with Crippen LogP contribution in [0, 0.1) is 0 Å². The second-order valence-electron chi connectivity index (χ2n) is 4.12. The van der Waals surface area contributed by atoms with E-state index in [1.165, 1.54) is 12.0 Å². The van der Waals surface area contributed by atoms with Gasteiger partial charge in [-0.05, 0) is 12.1 Å². The number of carbonyl (C=O) groups is 1. The van der Waals surface area contributed by atoms with E-state index in [1.807, 2.05) is 44.2 Å². The van der Waals surface area contributed by atoms with Gasteiger partial charge >= 0.3 is 0 Å². The zero-order chi connectivity index (χ0) is 15.6. The number of rotatable bonds is 7. The first-order chi connectivity index (χ1) is 9.78. The Morgan fingerprint density at radius 2 is 1.65 bits per heavy atom. The lowest BCUT2D eigenvalue weighted by Gasteiger charge is -2.17. The highest BCUT2D eigenvalue weighted by atomic mass is 16.1. The predicted molar refractivity (Wildman–Crippen MR) is 88.8 cm³/mol. The van der Waals surface area contributed by atoms with E-state index in [2.05, 4.69) is 26.1 Å². The van der Waals surface area contributed by atoms with Crippen LogP contribution in [0.2, 0.25) is 0 Å². The SMILES string of the molecule is CC.CCC.CCNCCN(C=O)Cc1ccccc1. The van der Waals surface area contributed by atoms with Gasteiger partial charge in [0.1, 0.15) is 0 Å². The summed E-state index contributed by atoms with van der Waals surface area (Å²) in [6.45, 7) is 13.5. The standard InChI is InChI=1S/C12H18N2O.C3H8.C2H6/c1-2-13-8-9-14(11-15)10-12-6-4-3-5-7-12;1-3-2;1-2/h3-7,11,13H,2,8-10H2,1H3;3H2,1-2H3;1-2H3. The van der Waals surface area contributed by atoms with Crippen molar-refractivity contribution in [2.24, 2.45) is 0 Å². The van der Waals surface area contributed by atoms with Crippen LogP contribution in [0.4, 0.5) is 0 Å². The summed E-state index contributed by atoms with van der Waals surface area (Å²) in [6.07, 6.45) is 2.16. The zero-order valence-electron chi connectivity index (χ0n) is 13.9. The summed E-state index contributed by atoms with van der Waals surface area (Å²) in [5.74, 6) is 0. The van der Waals surface area contributed by atoms with Crippen LogP contribution in [0.1, 0.15) is 46.6 Å². The van der Waals surface area contributed by atoms with Gasteiger partial charge in [-0.3, -0.25) is 4.79 Å². The molecule has 20 heavy (non-hydrogen) atoms. The fourth-order valence-corrected chi connectivity index (χ4v) is 1.39. The number of likely N-dealkylation sites (N-methyl/N-ethyl adjacent to an activating group) is 1. The number of benzene rings is 1. The van der Waals surface area contributed by atoms with Crippen molar-refractivity contribution in [1.29, 1.82) is 0 Å². The third-order valence-corrected chi connectivity index (χ3v) is 2.20. The smallest absolute Gasteiger partial charge is 0.210 e. The van der Waals surface area contributed by atoms with Gasteiger partial charge in [-0.1, -0.05) is 71.4 Å². The van der Waals surface area contributed by atoms with Gasteiger partial charge in [-0.25, -0.2) is 0 Å². The molecule has 0 radical (unpaired) electrons. The fraction of sp³-hybridized carbons (Fsp3) is 0.588. The quantitative estimate of drug-likeness (QED) is 0.610. The molecule has 0 fully saturated rings. The molecule has 3 nitrogen and oxygen atoms in total. The van der Waals surface area contributed by atoms with Crippen molar-refractivity contribution in [1.82, 2.24) is 10.2 Å². The summed E-state index contributed by atoms with van der Waals surface area (Å²) in [5.41, 5.74) is 1.17. The molecule has 0 saturated carbocycles. The van der Waals surface area contributed by atoms with Gasteiger partial charge in [0.05, 0.1) is 0 Å². The Labute approximate surface area is 125 Å². The Balaban J connectivity index is 0. The lowest BCUT2D eigenvalue weighted by Crippen LogP contribution is -2.30. The Morgan fingerprint density at radius 3 is 2.10 bits per heavy atom. The first-order valence-electron chi connectivity index (χ1n) is 7.72. The average molecular weight is 280 g/mol. The van der Waals surface area contributed by atoms with Gasteiger partial charge in [0.25, 0.3) is 0 Å². The Morgan fingerprint density at radius 1 is 1.10 bits per heavy atom. The fourth-order valence-electron chi connectivity index (χ4n) is 1.39. The molecule has 116 valence electrons. The number of carbonyl (C=O) groups excluding carboxylic acids is 1. The molecular weight excluding hydrogens is 248 g/mol. The van der Waals surface area contributed by atoms with Crippen LogP contribution < -0.4 is 5.32 Å². The van der Waals surface area contributed by atoms with Crippen LogP contribution in [-0.2, 0) is 11.3 Å². The van der Waals surface area contributed by atoms with Gasteiger partial charge in [-0.2, -0.15) is 0 Å². The van der Waals surface area contributed by atoms with Crippen molar-refractivity contribution < 1.29 is 4.79 Å². The van der Waals surface area contributed by atoms with Gasteiger partial charge in [0.2, 0.25) is 6.41 Å². The molecule has 1 aromatic carbocycles. The molecule has 3 heteroatoms. The number of hydrogen-bond donors (Lipinski definition) is 1. The molecule has 0 unspecified atom stereocenters. The van der Waals surface area contributed by atoms with E-state index >= 15 is 0 Å². The van der Waals surface area contributed by atoms with Crippen LogP contribution in [0.3, 0.4) is 0 Å². The molecule has 0 atom stereocenters. The second kappa shape index (κ2) is 17.6. The lowest BCUT2D eigenvalue weighted by atomic mass is 10.2. The van der Waals surface area contributed by atoms with Crippen molar-refractivity contribution in [3.63, 3.8) is 0 Å². The maximum atomic E-state index is 10.8. The molecule has 0 aromatic heterocycles. The Kier molecular flexibility index (Phi) is 18.5. The molecule has 1 aromatic rings. The summed E-state index contributed by atoms with van der Waals surface area (Å²) in [6, 6.07) is 10.0. The molecule has 1 N–H and O–H groups in total. The van der Waals surface area contributed by atoms with Gasteiger partial charge in [0, 0.05) is 19.6 Å².